The van der Waals surface area contributed by atoms with E-state index in [-0.39, 0.29) is 28.7 Å². The Hall–Kier alpha value is -2.46. The largest absolute Gasteiger partial charge is 0.462 e. The molecule has 1 N–H and O–H groups in total. The molecule has 0 radical (unpaired) electrons. The minimum absolute atomic E-state index is 0.0775. The SMILES string of the molecule is CCOC(=O)c1sc(NC(=O)COC(=O)[C@@H]2CCCO2)c(C(=O)OCC)c1C. The standard InChI is InChI=1S/C18H23NO8S/c1-4-24-17(22)13-10(3)14(18(23)25-5-2)28-15(13)19-12(20)9-27-16(21)11-7-6-8-26-11/h11H,4-9H2,1-3H3,(H,19,20)/t11-/m0/s1. The topological polar surface area (TPSA) is 117 Å². The van der Waals surface area contributed by atoms with Gasteiger partial charge in [0.05, 0.1) is 18.8 Å². The Morgan fingerprint density at radius 2 is 1.79 bits per heavy atom. The maximum atomic E-state index is 12.3. The molecule has 0 aliphatic carbocycles. The number of carbonyl (C=O) groups is 4. The van der Waals surface area contributed by atoms with Gasteiger partial charge in [-0.2, -0.15) is 0 Å². The molecule has 1 aromatic heterocycles. The number of hydrogen-bond donors (Lipinski definition) is 1. The summed E-state index contributed by atoms with van der Waals surface area (Å²) < 4.78 is 20.1. The van der Waals surface area contributed by atoms with Crippen LogP contribution in [0.3, 0.4) is 0 Å². The number of amides is 1. The van der Waals surface area contributed by atoms with Gasteiger partial charge in [0.15, 0.2) is 12.7 Å². The van der Waals surface area contributed by atoms with Crippen LogP contribution in [0.1, 0.15) is 52.3 Å². The lowest BCUT2D eigenvalue weighted by molar-refractivity contribution is -0.156. The highest BCUT2D eigenvalue weighted by Gasteiger charge is 2.28. The van der Waals surface area contributed by atoms with Crippen molar-refractivity contribution in [3.05, 3.63) is 16.0 Å². The molecule has 10 heteroatoms. The van der Waals surface area contributed by atoms with Crippen molar-refractivity contribution in [2.45, 2.75) is 39.7 Å². The van der Waals surface area contributed by atoms with Gasteiger partial charge in [0.2, 0.25) is 0 Å². The molecule has 1 fully saturated rings. The van der Waals surface area contributed by atoms with Crippen LogP contribution in [-0.2, 0) is 28.5 Å². The third-order valence-electron chi connectivity index (χ3n) is 3.88. The van der Waals surface area contributed by atoms with E-state index >= 15 is 0 Å². The van der Waals surface area contributed by atoms with E-state index in [1.165, 1.54) is 0 Å². The van der Waals surface area contributed by atoms with Crippen molar-refractivity contribution < 1.29 is 38.1 Å². The lowest BCUT2D eigenvalue weighted by Crippen LogP contribution is -2.27. The molecule has 9 nitrogen and oxygen atoms in total. The fraction of sp³-hybridized carbons (Fsp3) is 0.556. The molecule has 0 bridgehead atoms. The van der Waals surface area contributed by atoms with Crippen molar-refractivity contribution in [1.29, 1.82) is 0 Å². The van der Waals surface area contributed by atoms with Crippen LogP contribution in [0.25, 0.3) is 0 Å². The van der Waals surface area contributed by atoms with Gasteiger partial charge in [-0.25, -0.2) is 14.4 Å². The second-order valence-electron chi connectivity index (χ2n) is 5.86. The first-order valence-electron chi connectivity index (χ1n) is 8.94. The van der Waals surface area contributed by atoms with Crippen LogP contribution >= 0.6 is 11.3 Å². The molecule has 0 aromatic carbocycles. The highest BCUT2D eigenvalue weighted by molar-refractivity contribution is 7.18. The maximum absolute atomic E-state index is 12.3. The number of hydrogen-bond acceptors (Lipinski definition) is 9. The van der Waals surface area contributed by atoms with Crippen molar-refractivity contribution in [2.75, 3.05) is 31.7 Å². The molecular weight excluding hydrogens is 390 g/mol. The van der Waals surface area contributed by atoms with E-state index in [1.54, 1.807) is 20.8 Å². The van der Waals surface area contributed by atoms with Gasteiger partial charge in [-0.3, -0.25) is 4.79 Å². The average molecular weight is 413 g/mol. The van der Waals surface area contributed by atoms with Crippen molar-refractivity contribution >= 4 is 40.2 Å². The molecule has 1 aromatic rings. The van der Waals surface area contributed by atoms with Crippen molar-refractivity contribution in [2.24, 2.45) is 0 Å². The van der Waals surface area contributed by atoms with E-state index in [1.807, 2.05) is 0 Å². The number of esters is 3. The van der Waals surface area contributed by atoms with Crippen molar-refractivity contribution in [3.8, 4) is 0 Å². The molecular formula is C18H23NO8S. The number of rotatable bonds is 8. The van der Waals surface area contributed by atoms with E-state index in [0.29, 0.717) is 18.6 Å². The third kappa shape index (κ3) is 5.29. The van der Waals surface area contributed by atoms with Gasteiger partial charge in [0, 0.05) is 6.61 Å². The van der Waals surface area contributed by atoms with Crippen LogP contribution in [0.15, 0.2) is 0 Å². The third-order valence-corrected chi connectivity index (χ3v) is 5.07. The summed E-state index contributed by atoms with van der Waals surface area (Å²) in [4.78, 5) is 48.6. The lowest BCUT2D eigenvalue weighted by Gasteiger charge is -2.10. The summed E-state index contributed by atoms with van der Waals surface area (Å²) in [5.41, 5.74) is 0.433. The Morgan fingerprint density at radius 1 is 1.11 bits per heavy atom. The lowest BCUT2D eigenvalue weighted by atomic mass is 10.1. The fourth-order valence-corrected chi connectivity index (χ4v) is 3.70. The fourth-order valence-electron chi connectivity index (χ4n) is 2.60. The molecule has 0 unspecified atom stereocenters. The van der Waals surface area contributed by atoms with E-state index in [4.69, 9.17) is 18.9 Å². The molecule has 1 aliphatic rings. The van der Waals surface area contributed by atoms with Gasteiger partial charge in [-0.05, 0) is 39.2 Å². The van der Waals surface area contributed by atoms with Gasteiger partial charge in [-0.15, -0.1) is 11.3 Å². The Bertz CT molecular complexity index is 751. The molecule has 1 atom stereocenters. The zero-order valence-electron chi connectivity index (χ0n) is 16.0. The zero-order valence-corrected chi connectivity index (χ0v) is 16.8. The van der Waals surface area contributed by atoms with E-state index in [9.17, 15) is 19.2 Å². The van der Waals surface area contributed by atoms with Gasteiger partial charge < -0.3 is 24.3 Å². The molecule has 28 heavy (non-hydrogen) atoms. The molecule has 0 saturated carbocycles. The van der Waals surface area contributed by atoms with E-state index in [0.717, 1.165) is 17.8 Å². The number of nitrogens with one attached hydrogen (secondary N) is 1. The summed E-state index contributed by atoms with van der Waals surface area (Å²) in [6.45, 7) is 5.14. The zero-order chi connectivity index (χ0) is 20.7. The van der Waals surface area contributed by atoms with Crippen LogP contribution in [0.4, 0.5) is 5.00 Å². The summed E-state index contributed by atoms with van der Waals surface area (Å²) in [5.74, 6) is -2.51. The first-order chi connectivity index (χ1) is 13.4. The maximum Gasteiger partial charge on any atom is 0.348 e. The van der Waals surface area contributed by atoms with Crippen LogP contribution in [0.2, 0.25) is 0 Å². The molecule has 2 rings (SSSR count). The number of anilines is 1. The van der Waals surface area contributed by atoms with E-state index in [2.05, 4.69) is 5.32 Å². The van der Waals surface area contributed by atoms with Crippen LogP contribution in [0.5, 0.6) is 0 Å². The molecule has 1 aliphatic heterocycles. The highest BCUT2D eigenvalue weighted by Crippen LogP contribution is 2.34. The predicted octanol–water partition coefficient (Wildman–Crippen LogP) is 2.07. The normalized spacial score (nSPS) is 15.8. The Morgan fingerprint density at radius 3 is 2.39 bits per heavy atom. The molecule has 0 spiro atoms. The summed E-state index contributed by atoms with van der Waals surface area (Å²) in [7, 11) is 0. The van der Waals surface area contributed by atoms with Gasteiger partial charge in [0.1, 0.15) is 9.88 Å². The first kappa shape index (κ1) is 21.8. The average Bonchev–Trinajstić information content (AvgIpc) is 3.28. The minimum Gasteiger partial charge on any atom is -0.462 e. The Labute approximate surface area is 166 Å². The number of ether oxygens (including phenoxy) is 4. The van der Waals surface area contributed by atoms with Crippen molar-refractivity contribution in [1.82, 2.24) is 0 Å². The second-order valence-corrected chi connectivity index (χ2v) is 6.88. The summed E-state index contributed by atoms with van der Waals surface area (Å²) in [6, 6.07) is 0. The van der Waals surface area contributed by atoms with Gasteiger partial charge >= 0.3 is 17.9 Å². The monoisotopic (exact) mass is 413 g/mol. The molecule has 154 valence electrons. The van der Waals surface area contributed by atoms with E-state index < -0.39 is 36.5 Å². The first-order valence-corrected chi connectivity index (χ1v) is 9.76. The Balaban J connectivity index is 2.12. The summed E-state index contributed by atoms with van der Waals surface area (Å²) in [5, 5.41) is 2.64. The quantitative estimate of drug-likeness (QED) is 0.508. The summed E-state index contributed by atoms with van der Waals surface area (Å²) >= 11 is 0.904. The van der Waals surface area contributed by atoms with Crippen molar-refractivity contribution in [3.63, 3.8) is 0 Å². The molecule has 2 heterocycles. The summed E-state index contributed by atoms with van der Waals surface area (Å²) in [6.07, 6.45) is 0.669. The smallest absolute Gasteiger partial charge is 0.348 e. The Kier molecular flexibility index (Phi) is 7.94. The second kappa shape index (κ2) is 10.2. The van der Waals surface area contributed by atoms with Crippen LogP contribution in [0, 0.1) is 6.92 Å². The molecule has 1 amide bonds. The van der Waals surface area contributed by atoms with Crippen LogP contribution < -0.4 is 5.32 Å². The predicted molar refractivity (Wildman–Crippen MR) is 99.5 cm³/mol. The van der Waals surface area contributed by atoms with Crippen LogP contribution in [-0.4, -0.2) is 56.3 Å². The molecule has 1 saturated heterocycles. The van der Waals surface area contributed by atoms with Gasteiger partial charge in [0.25, 0.3) is 5.91 Å². The van der Waals surface area contributed by atoms with Gasteiger partial charge in [-0.1, -0.05) is 0 Å². The number of thiophene rings is 1. The number of carbonyl (C=O) groups excluding carboxylic acids is 4. The highest BCUT2D eigenvalue weighted by atomic mass is 32.1. The minimum atomic E-state index is -0.668.